The standard InChI is InChI=1S/C47H82N10O11Si2/c1-44(2,3)65-41(60)29(53-43(62)66-45(4,5)6)19-21-55(20-17-18-28-23-56(42(61)54-37(28)48)33-22-30(59)32(25-58)63-33)24-31-35(67-69(13,14)46(7,8)9)36(68-70(15,16)47(10,11)12)40(64-31)57-27-52-34-38(49)50-26-51-39(34)57/h23,26-27,29-33,35-36,40,58-59H,17-22,24-25H2,1-16H3,(H,53,62)(H2,48,54,61)(H2,49,50,51)/t29-,30-,31+,32+,33-,35+,36+,40+/m0/s1. The fourth-order valence-electron chi connectivity index (χ4n) is 7.83. The van der Waals surface area contributed by atoms with Crippen LogP contribution in [0.15, 0.2) is 23.6 Å². The molecule has 7 N–H and O–H groups in total. The number of aryl methyl sites for hydroxylation is 1. The number of ether oxygens (including phenoxy) is 4. The molecule has 5 heterocycles. The van der Waals surface area contributed by atoms with Gasteiger partial charge in [-0.2, -0.15) is 4.98 Å². The molecule has 3 aromatic heterocycles. The van der Waals surface area contributed by atoms with E-state index in [-0.39, 0.29) is 47.6 Å². The number of fused-ring (bicyclic) bond motifs is 1. The molecule has 0 bridgehead atoms. The zero-order chi connectivity index (χ0) is 52.5. The first-order chi connectivity index (χ1) is 32.1. The molecule has 2 aliphatic rings. The molecule has 0 aromatic carbocycles. The van der Waals surface area contributed by atoms with Crippen molar-refractivity contribution in [2.24, 2.45) is 0 Å². The topological polar surface area (TPSA) is 276 Å². The first-order valence-corrected chi connectivity index (χ1v) is 30.1. The third-order valence-corrected chi connectivity index (χ3v) is 22.6. The van der Waals surface area contributed by atoms with Crippen molar-refractivity contribution in [2.75, 3.05) is 37.7 Å². The molecule has 2 saturated heterocycles. The second kappa shape index (κ2) is 21.6. The van der Waals surface area contributed by atoms with Crippen molar-refractivity contribution < 1.29 is 47.6 Å². The Kier molecular flexibility index (Phi) is 17.5. The van der Waals surface area contributed by atoms with Crippen LogP contribution in [0.1, 0.15) is 120 Å². The number of amides is 1. The number of nitrogens with zero attached hydrogens (tertiary/aromatic N) is 7. The minimum absolute atomic E-state index is 0.0593. The Morgan fingerprint density at radius 3 is 2.04 bits per heavy atom. The highest BCUT2D eigenvalue weighted by Gasteiger charge is 2.55. The van der Waals surface area contributed by atoms with Gasteiger partial charge < -0.3 is 59.7 Å². The van der Waals surface area contributed by atoms with Crippen LogP contribution < -0.4 is 22.5 Å². The molecule has 0 saturated carbocycles. The lowest BCUT2D eigenvalue weighted by molar-refractivity contribution is -0.157. The van der Waals surface area contributed by atoms with Gasteiger partial charge in [-0.3, -0.25) is 9.13 Å². The number of carbonyl (C=O) groups is 2. The molecule has 0 aliphatic carbocycles. The molecule has 0 radical (unpaired) electrons. The van der Waals surface area contributed by atoms with Gasteiger partial charge >= 0.3 is 17.8 Å². The summed E-state index contributed by atoms with van der Waals surface area (Å²) in [5.41, 5.74) is 11.9. The van der Waals surface area contributed by atoms with E-state index in [1.807, 2.05) is 4.57 Å². The fraction of sp³-hybridized carbons (Fsp3) is 0.766. The van der Waals surface area contributed by atoms with Crippen molar-refractivity contribution in [1.29, 1.82) is 0 Å². The van der Waals surface area contributed by atoms with Crippen LogP contribution in [0.4, 0.5) is 16.4 Å². The number of aromatic nitrogens is 6. The SMILES string of the molecule is CC(C)(C)OC(=O)N[C@@H](CCN(CCCc1cn([C@@H]2C[C@H](O)[C@@H](CO)O2)c(=O)nc1N)C[C@H]1O[C@@H](n2cnc3c(N)ncnc32)[C@H](O[Si](C)(C)C(C)(C)C)[C@@H]1O[Si](C)(C)C(C)(C)C)C(=O)OC(C)(C)C. The summed E-state index contributed by atoms with van der Waals surface area (Å²) < 4.78 is 42.5. The minimum Gasteiger partial charge on any atom is -0.458 e. The van der Waals surface area contributed by atoms with Crippen molar-refractivity contribution in [2.45, 2.75) is 205 Å². The molecule has 1 amide bonds. The molecule has 3 aromatic rings. The average molecular weight is 1020 g/mol. The average Bonchev–Trinajstić information content (AvgIpc) is 3.89. The van der Waals surface area contributed by atoms with E-state index in [0.29, 0.717) is 36.1 Å². The molecule has 70 heavy (non-hydrogen) atoms. The number of alkyl carbamates (subject to hydrolysis) is 1. The Balaban J connectivity index is 1.57. The summed E-state index contributed by atoms with van der Waals surface area (Å²) in [7, 11) is -5.12. The Labute approximate surface area is 415 Å². The van der Waals surface area contributed by atoms with Gasteiger partial charge in [-0.05, 0) is 104 Å². The van der Waals surface area contributed by atoms with Gasteiger partial charge in [0.15, 0.2) is 34.3 Å². The summed E-state index contributed by atoms with van der Waals surface area (Å²) >= 11 is 0. The molecule has 2 aliphatic heterocycles. The van der Waals surface area contributed by atoms with Gasteiger partial charge in [0, 0.05) is 31.3 Å². The van der Waals surface area contributed by atoms with Gasteiger partial charge in [0.2, 0.25) is 0 Å². The van der Waals surface area contributed by atoms with Crippen LogP contribution in [-0.4, -0.2) is 147 Å². The van der Waals surface area contributed by atoms with E-state index >= 15 is 0 Å². The van der Waals surface area contributed by atoms with Crippen LogP contribution in [0.5, 0.6) is 0 Å². The molecular weight excluding hydrogens is 937 g/mol. The van der Waals surface area contributed by atoms with Crippen molar-refractivity contribution in [3.8, 4) is 0 Å². The monoisotopic (exact) mass is 1020 g/mol. The number of anilines is 2. The Bertz CT molecular complexity index is 2340. The van der Waals surface area contributed by atoms with Crippen molar-refractivity contribution in [3.63, 3.8) is 0 Å². The molecule has 8 atom stereocenters. The summed E-state index contributed by atoms with van der Waals surface area (Å²) in [6.45, 7) is 33.0. The number of esters is 1. The maximum absolute atomic E-state index is 13.9. The first kappa shape index (κ1) is 56.8. The molecule has 2 fully saturated rings. The zero-order valence-corrected chi connectivity index (χ0v) is 46.4. The first-order valence-electron chi connectivity index (χ1n) is 24.3. The lowest BCUT2D eigenvalue weighted by Gasteiger charge is -2.44. The predicted octanol–water partition coefficient (Wildman–Crippen LogP) is 5.43. The molecule has 21 nitrogen and oxygen atoms in total. The smallest absolute Gasteiger partial charge is 0.408 e. The maximum atomic E-state index is 13.9. The largest absolute Gasteiger partial charge is 0.458 e. The van der Waals surface area contributed by atoms with Crippen molar-refractivity contribution in [3.05, 3.63) is 34.9 Å². The zero-order valence-electron chi connectivity index (χ0n) is 44.4. The number of imidazole rings is 1. The van der Waals surface area contributed by atoms with Crippen molar-refractivity contribution >= 4 is 51.5 Å². The minimum atomic E-state index is -2.57. The predicted molar refractivity (Wildman–Crippen MR) is 271 cm³/mol. The summed E-state index contributed by atoms with van der Waals surface area (Å²) in [5.74, 6) is -0.326. The van der Waals surface area contributed by atoms with Crippen LogP contribution in [0.2, 0.25) is 36.3 Å². The number of nitrogens with one attached hydrogen (secondary N) is 1. The van der Waals surface area contributed by atoms with Gasteiger partial charge in [0.05, 0.1) is 19.0 Å². The highest BCUT2D eigenvalue weighted by Crippen LogP contribution is 2.46. The number of aliphatic hydroxyl groups is 2. The van der Waals surface area contributed by atoms with Gasteiger partial charge in [-0.25, -0.2) is 29.3 Å². The summed E-state index contributed by atoms with van der Waals surface area (Å²) in [5, 5.41) is 22.5. The maximum Gasteiger partial charge on any atom is 0.408 e. The van der Waals surface area contributed by atoms with Crippen LogP contribution in [0, 0.1) is 0 Å². The number of carbonyl (C=O) groups excluding carboxylic acids is 2. The quantitative estimate of drug-likeness (QED) is 0.0785. The molecule has 23 heteroatoms. The molecule has 0 spiro atoms. The van der Waals surface area contributed by atoms with E-state index in [0.717, 1.165) is 0 Å². The van der Waals surface area contributed by atoms with Crippen molar-refractivity contribution in [1.82, 2.24) is 39.3 Å². The second-order valence-electron chi connectivity index (χ2n) is 23.7. The third kappa shape index (κ3) is 14.1. The summed E-state index contributed by atoms with van der Waals surface area (Å²) in [4.78, 5) is 59.8. The molecule has 394 valence electrons. The van der Waals surface area contributed by atoms with E-state index in [1.54, 1.807) is 54.1 Å². The van der Waals surface area contributed by atoms with E-state index in [4.69, 9.17) is 39.3 Å². The van der Waals surface area contributed by atoms with Crippen LogP contribution in [-0.2, 0) is 39.0 Å². The lowest BCUT2D eigenvalue weighted by Crippen LogP contribution is -2.55. The normalized spacial score (nSPS) is 23.3. The van der Waals surface area contributed by atoms with Gasteiger partial charge in [-0.1, -0.05) is 41.5 Å². The van der Waals surface area contributed by atoms with Gasteiger partial charge in [0.1, 0.15) is 65.5 Å². The Hall–Kier alpha value is -4.08. The number of nitrogens with two attached hydrogens (primary N) is 2. The number of nitrogen functional groups attached to an aromatic ring is 2. The third-order valence-electron chi connectivity index (χ3n) is 13.7. The van der Waals surface area contributed by atoms with E-state index in [9.17, 15) is 24.6 Å². The second-order valence-corrected chi connectivity index (χ2v) is 33.2. The summed E-state index contributed by atoms with van der Waals surface area (Å²) in [6.07, 6.45) is -0.283. The number of rotatable bonds is 18. The highest BCUT2D eigenvalue weighted by molar-refractivity contribution is 6.74. The highest BCUT2D eigenvalue weighted by atomic mass is 28.4. The van der Waals surface area contributed by atoms with E-state index in [1.165, 1.54) is 10.9 Å². The number of hydrogen-bond acceptors (Lipinski definition) is 18. The molecule has 5 rings (SSSR count). The molecular formula is C47H82N10O11Si2. The molecule has 0 unspecified atom stereocenters. The fourth-order valence-corrected chi connectivity index (χ4v) is 10.4. The van der Waals surface area contributed by atoms with Crippen LogP contribution in [0.3, 0.4) is 0 Å². The van der Waals surface area contributed by atoms with E-state index < -0.39 is 101 Å². The van der Waals surface area contributed by atoms with Crippen LogP contribution >= 0.6 is 0 Å². The van der Waals surface area contributed by atoms with E-state index in [2.05, 4.69) is 97.9 Å². The number of hydrogen-bond donors (Lipinski definition) is 5. The summed E-state index contributed by atoms with van der Waals surface area (Å²) in [6, 6.07) is -1.09. The van der Waals surface area contributed by atoms with Gasteiger partial charge in [0.25, 0.3) is 0 Å². The Morgan fingerprint density at radius 2 is 1.47 bits per heavy atom. The lowest BCUT2D eigenvalue weighted by atomic mass is 10.1. The Morgan fingerprint density at radius 1 is 0.857 bits per heavy atom. The van der Waals surface area contributed by atoms with Gasteiger partial charge in [-0.15, -0.1) is 0 Å². The van der Waals surface area contributed by atoms with Crippen LogP contribution in [0.25, 0.3) is 11.2 Å². The number of aliphatic hydroxyl groups excluding tert-OH is 2.